The lowest BCUT2D eigenvalue weighted by Gasteiger charge is -2.09. The van der Waals surface area contributed by atoms with Crippen molar-refractivity contribution < 1.29 is 23.9 Å². The normalized spacial score (nSPS) is 10.2. The number of nitrogens with one attached hydrogen (secondary N) is 1. The van der Waals surface area contributed by atoms with Crippen molar-refractivity contribution in [1.82, 2.24) is 0 Å². The summed E-state index contributed by atoms with van der Waals surface area (Å²) in [5, 5.41) is 3.19. The summed E-state index contributed by atoms with van der Waals surface area (Å²) in [6, 6.07) is 11.4. The van der Waals surface area contributed by atoms with Crippen LogP contribution in [0.5, 0.6) is 5.75 Å². The summed E-state index contributed by atoms with van der Waals surface area (Å²) >= 11 is 5.88. The first-order chi connectivity index (χ1) is 13.3. The summed E-state index contributed by atoms with van der Waals surface area (Å²) in [5.41, 5.74) is 6.86. The number of hydrogen-bond donors (Lipinski definition) is 2. The first-order valence-corrected chi connectivity index (χ1v) is 8.97. The van der Waals surface area contributed by atoms with Gasteiger partial charge in [-0.1, -0.05) is 11.6 Å². The van der Waals surface area contributed by atoms with Crippen molar-refractivity contribution in [2.75, 3.05) is 18.5 Å². The van der Waals surface area contributed by atoms with Gasteiger partial charge in [-0.05, 0) is 61.4 Å². The van der Waals surface area contributed by atoms with Crippen LogP contribution in [0.1, 0.15) is 28.8 Å². The van der Waals surface area contributed by atoms with E-state index in [1.54, 1.807) is 18.2 Å². The van der Waals surface area contributed by atoms with Crippen molar-refractivity contribution in [3.63, 3.8) is 0 Å². The van der Waals surface area contributed by atoms with Crippen molar-refractivity contribution in [2.24, 2.45) is 5.73 Å². The Hall–Kier alpha value is -3.06. The van der Waals surface area contributed by atoms with E-state index < -0.39 is 24.4 Å². The molecular formula is C20H21ClN2O5. The molecule has 2 aromatic rings. The minimum Gasteiger partial charge on any atom is -0.493 e. The van der Waals surface area contributed by atoms with Crippen LogP contribution >= 0.6 is 11.6 Å². The Morgan fingerprint density at radius 3 is 2.46 bits per heavy atom. The predicted octanol–water partition coefficient (Wildman–Crippen LogP) is 3.09. The Morgan fingerprint density at radius 1 is 1.11 bits per heavy atom. The van der Waals surface area contributed by atoms with Crippen LogP contribution in [-0.2, 0) is 14.3 Å². The highest BCUT2D eigenvalue weighted by molar-refractivity contribution is 6.30. The number of amides is 2. The van der Waals surface area contributed by atoms with E-state index in [9.17, 15) is 14.4 Å². The molecule has 8 heteroatoms. The second kappa shape index (κ2) is 10.3. The topological polar surface area (TPSA) is 108 Å². The molecule has 0 radical (unpaired) electrons. The van der Waals surface area contributed by atoms with Gasteiger partial charge in [-0.3, -0.25) is 14.4 Å². The molecule has 0 aliphatic carbocycles. The summed E-state index contributed by atoms with van der Waals surface area (Å²) in [5.74, 6) is -0.814. The van der Waals surface area contributed by atoms with Crippen molar-refractivity contribution in [3.8, 4) is 5.75 Å². The third kappa shape index (κ3) is 6.92. The third-order valence-electron chi connectivity index (χ3n) is 3.74. The lowest BCUT2D eigenvalue weighted by Crippen LogP contribution is -2.21. The number of carbonyl (C=O) groups excluding carboxylic acids is 3. The molecule has 2 amide bonds. The number of nitrogens with two attached hydrogens (primary N) is 1. The zero-order valence-corrected chi connectivity index (χ0v) is 16.1. The van der Waals surface area contributed by atoms with Gasteiger partial charge in [-0.25, -0.2) is 0 Å². The van der Waals surface area contributed by atoms with Crippen molar-refractivity contribution >= 4 is 35.1 Å². The summed E-state index contributed by atoms with van der Waals surface area (Å²) in [6.07, 6.45) is 0.588. The van der Waals surface area contributed by atoms with Gasteiger partial charge in [0.15, 0.2) is 6.61 Å². The maximum absolute atomic E-state index is 11.8. The Bertz CT molecular complexity index is 852. The van der Waals surface area contributed by atoms with E-state index in [-0.39, 0.29) is 6.42 Å². The van der Waals surface area contributed by atoms with Crippen LogP contribution < -0.4 is 15.8 Å². The van der Waals surface area contributed by atoms with E-state index in [0.717, 1.165) is 5.56 Å². The number of esters is 1. The summed E-state index contributed by atoms with van der Waals surface area (Å²) in [7, 11) is 0. The Kier molecular flexibility index (Phi) is 7.83. The van der Waals surface area contributed by atoms with Crippen LogP contribution in [-0.4, -0.2) is 31.0 Å². The molecule has 0 heterocycles. The molecule has 148 valence electrons. The Balaban J connectivity index is 1.64. The zero-order chi connectivity index (χ0) is 20.5. The van der Waals surface area contributed by atoms with Crippen LogP contribution in [0.3, 0.4) is 0 Å². The molecule has 7 nitrogen and oxygen atoms in total. The van der Waals surface area contributed by atoms with Crippen molar-refractivity contribution in [2.45, 2.75) is 19.8 Å². The van der Waals surface area contributed by atoms with Gasteiger partial charge in [0.1, 0.15) is 5.75 Å². The van der Waals surface area contributed by atoms with Gasteiger partial charge in [0.2, 0.25) is 5.91 Å². The monoisotopic (exact) mass is 404 g/mol. The average Bonchev–Trinajstić information content (AvgIpc) is 2.65. The molecular weight excluding hydrogens is 384 g/mol. The Labute approximate surface area is 167 Å². The van der Waals surface area contributed by atoms with Crippen LogP contribution in [0.4, 0.5) is 5.69 Å². The molecule has 28 heavy (non-hydrogen) atoms. The summed E-state index contributed by atoms with van der Waals surface area (Å²) in [4.78, 5) is 34.5. The zero-order valence-electron chi connectivity index (χ0n) is 15.4. The minimum atomic E-state index is -0.554. The standard InChI is InChI=1S/C20H21ClN2O5/c1-13-11-15(21)6-9-17(13)27-10-2-3-19(25)28-12-18(24)23-16-7-4-14(5-8-16)20(22)26/h4-9,11H,2-3,10,12H2,1H3,(H2,22,26)(H,23,24). The smallest absolute Gasteiger partial charge is 0.306 e. The lowest BCUT2D eigenvalue weighted by molar-refractivity contribution is -0.147. The third-order valence-corrected chi connectivity index (χ3v) is 3.97. The molecule has 0 fully saturated rings. The van der Waals surface area contributed by atoms with Gasteiger partial charge in [-0.2, -0.15) is 0 Å². The molecule has 0 saturated carbocycles. The van der Waals surface area contributed by atoms with Crippen LogP contribution in [0, 0.1) is 6.92 Å². The SMILES string of the molecule is Cc1cc(Cl)ccc1OCCCC(=O)OCC(=O)Nc1ccc(C(N)=O)cc1. The van der Waals surface area contributed by atoms with Gasteiger partial charge >= 0.3 is 5.97 Å². The van der Waals surface area contributed by atoms with E-state index in [0.29, 0.717) is 35.1 Å². The number of aryl methyl sites for hydroxylation is 1. The molecule has 0 aliphatic rings. The van der Waals surface area contributed by atoms with Gasteiger partial charge in [0.05, 0.1) is 6.61 Å². The number of rotatable bonds is 9. The maximum Gasteiger partial charge on any atom is 0.306 e. The molecule has 0 atom stereocenters. The molecule has 3 N–H and O–H groups in total. The van der Waals surface area contributed by atoms with E-state index in [1.807, 2.05) is 6.92 Å². The number of halogens is 1. The fourth-order valence-electron chi connectivity index (χ4n) is 2.31. The molecule has 0 spiro atoms. The average molecular weight is 405 g/mol. The number of hydrogen-bond acceptors (Lipinski definition) is 5. The van der Waals surface area contributed by atoms with E-state index in [4.69, 9.17) is 26.8 Å². The van der Waals surface area contributed by atoms with Gasteiger partial charge in [-0.15, -0.1) is 0 Å². The van der Waals surface area contributed by atoms with E-state index in [1.165, 1.54) is 24.3 Å². The highest BCUT2D eigenvalue weighted by Gasteiger charge is 2.09. The van der Waals surface area contributed by atoms with Gasteiger partial charge in [0.25, 0.3) is 5.91 Å². The number of carbonyl (C=O) groups is 3. The molecule has 2 rings (SSSR count). The molecule has 2 aromatic carbocycles. The van der Waals surface area contributed by atoms with Crippen LogP contribution in [0.25, 0.3) is 0 Å². The lowest BCUT2D eigenvalue weighted by atomic mass is 10.2. The van der Waals surface area contributed by atoms with Crippen molar-refractivity contribution in [3.05, 3.63) is 58.6 Å². The highest BCUT2D eigenvalue weighted by atomic mass is 35.5. The molecule has 0 aliphatic heterocycles. The number of primary amides is 1. The van der Waals surface area contributed by atoms with Gasteiger partial charge < -0.3 is 20.5 Å². The summed E-state index contributed by atoms with van der Waals surface area (Å²) < 4.78 is 10.5. The fraction of sp³-hybridized carbons (Fsp3) is 0.250. The first kappa shape index (κ1) is 21.2. The molecule has 0 unspecified atom stereocenters. The van der Waals surface area contributed by atoms with Crippen molar-refractivity contribution in [1.29, 1.82) is 0 Å². The van der Waals surface area contributed by atoms with Crippen LogP contribution in [0.15, 0.2) is 42.5 Å². The van der Waals surface area contributed by atoms with Gasteiger partial charge in [0, 0.05) is 22.7 Å². The minimum absolute atomic E-state index is 0.132. The number of benzene rings is 2. The maximum atomic E-state index is 11.8. The second-order valence-corrected chi connectivity index (χ2v) is 6.45. The fourth-order valence-corrected chi connectivity index (χ4v) is 2.53. The Morgan fingerprint density at radius 2 is 1.82 bits per heavy atom. The van der Waals surface area contributed by atoms with E-state index in [2.05, 4.69) is 5.32 Å². The van der Waals surface area contributed by atoms with E-state index >= 15 is 0 Å². The molecule has 0 aromatic heterocycles. The number of ether oxygens (including phenoxy) is 2. The first-order valence-electron chi connectivity index (χ1n) is 8.59. The number of anilines is 1. The predicted molar refractivity (Wildman–Crippen MR) is 105 cm³/mol. The summed E-state index contributed by atoms with van der Waals surface area (Å²) in [6.45, 7) is 1.83. The van der Waals surface area contributed by atoms with Crippen LogP contribution in [0.2, 0.25) is 5.02 Å². The quantitative estimate of drug-likeness (QED) is 0.493. The largest absolute Gasteiger partial charge is 0.493 e. The highest BCUT2D eigenvalue weighted by Crippen LogP contribution is 2.21. The second-order valence-electron chi connectivity index (χ2n) is 6.01. The molecule has 0 saturated heterocycles. The molecule has 0 bridgehead atoms.